The number of nitrogens with zero attached hydrogens (tertiary/aromatic N) is 1. The maximum atomic E-state index is 11.9. The fourth-order valence-corrected chi connectivity index (χ4v) is 1.97. The van der Waals surface area contributed by atoms with Crippen LogP contribution in [0.2, 0.25) is 10.0 Å². The van der Waals surface area contributed by atoms with Gasteiger partial charge < -0.3 is 15.4 Å². The summed E-state index contributed by atoms with van der Waals surface area (Å²) in [6.45, 7) is 1.67. The van der Waals surface area contributed by atoms with Gasteiger partial charge in [0.2, 0.25) is 5.75 Å². The summed E-state index contributed by atoms with van der Waals surface area (Å²) in [6.07, 6.45) is 0. The van der Waals surface area contributed by atoms with Crippen LogP contribution in [0, 0.1) is 6.92 Å². The highest BCUT2D eigenvalue weighted by molar-refractivity contribution is 6.42. The third kappa shape index (κ3) is 3.53. The molecule has 110 valence electrons. The number of aromatic amines is 1. The van der Waals surface area contributed by atoms with Crippen molar-refractivity contribution in [3.05, 3.63) is 55.7 Å². The number of nitrogens with one attached hydrogen (secondary N) is 2. The van der Waals surface area contributed by atoms with Gasteiger partial charge in [0.15, 0.2) is 5.69 Å². The maximum Gasteiger partial charge on any atom is 0.293 e. The summed E-state index contributed by atoms with van der Waals surface area (Å²) in [4.78, 5) is 29.4. The highest BCUT2D eigenvalue weighted by Crippen LogP contribution is 2.22. The van der Waals surface area contributed by atoms with Crippen LogP contribution in [0.25, 0.3) is 0 Å². The molecule has 0 atom stereocenters. The molecule has 3 N–H and O–H groups in total. The lowest BCUT2D eigenvalue weighted by Gasteiger charge is -2.07. The van der Waals surface area contributed by atoms with E-state index < -0.39 is 17.2 Å². The average molecular weight is 328 g/mol. The molecule has 0 spiro atoms. The number of H-pyrrole nitrogens is 1. The number of amides is 1. The van der Waals surface area contributed by atoms with E-state index in [9.17, 15) is 14.7 Å². The number of rotatable bonds is 3. The Hall–Kier alpha value is -2.05. The molecule has 0 unspecified atom stereocenters. The molecule has 0 radical (unpaired) electrons. The minimum atomic E-state index is -0.762. The molecule has 1 aromatic carbocycles. The number of halogens is 2. The predicted octanol–water partition coefficient (Wildman–Crippen LogP) is 2.02. The highest BCUT2D eigenvalue weighted by atomic mass is 35.5. The van der Waals surface area contributed by atoms with E-state index in [-0.39, 0.29) is 18.1 Å². The van der Waals surface area contributed by atoms with Crippen LogP contribution in [0.15, 0.2) is 23.0 Å². The van der Waals surface area contributed by atoms with Crippen molar-refractivity contribution in [2.45, 2.75) is 13.5 Å². The van der Waals surface area contributed by atoms with Crippen LogP contribution in [-0.2, 0) is 6.54 Å². The summed E-state index contributed by atoms with van der Waals surface area (Å²) in [6, 6.07) is 4.92. The molecular weight excluding hydrogens is 317 g/mol. The molecule has 2 rings (SSSR count). The number of aryl methyl sites for hydroxylation is 1. The number of aromatic nitrogens is 2. The van der Waals surface area contributed by atoms with Crippen molar-refractivity contribution in [3.63, 3.8) is 0 Å². The summed E-state index contributed by atoms with van der Waals surface area (Å²) < 4.78 is 0. The summed E-state index contributed by atoms with van der Waals surface area (Å²) >= 11 is 11.7. The molecule has 0 saturated carbocycles. The quantitative estimate of drug-likeness (QED) is 0.803. The second-order valence-corrected chi connectivity index (χ2v) is 5.09. The van der Waals surface area contributed by atoms with Gasteiger partial charge in [0.25, 0.3) is 11.5 Å². The first-order valence-corrected chi connectivity index (χ1v) is 6.66. The van der Waals surface area contributed by atoms with Crippen molar-refractivity contribution in [1.29, 1.82) is 0 Å². The van der Waals surface area contributed by atoms with Crippen molar-refractivity contribution in [1.82, 2.24) is 15.3 Å². The number of carbonyl (C=O) groups is 1. The second kappa shape index (κ2) is 6.15. The zero-order valence-corrected chi connectivity index (χ0v) is 12.4. The molecule has 0 aliphatic heterocycles. The molecule has 1 amide bonds. The molecule has 6 nitrogen and oxygen atoms in total. The Labute approximate surface area is 129 Å². The lowest BCUT2D eigenvalue weighted by Crippen LogP contribution is -2.26. The van der Waals surface area contributed by atoms with Gasteiger partial charge in [-0.2, -0.15) is 0 Å². The molecule has 1 aromatic heterocycles. The van der Waals surface area contributed by atoms with Gasteiger partial charge in [-0.05, 0) is 24.6 Å². The van der Waals surface area contributed by atoms with Crippen LogP contribution in [0.4, 0.5) is 0 Å². The Bertz CT molecular complexity index is 759. The van der Waals surface area contributed by atoms with Crippen molar-refractivity contribution in [3.8, 4) is 5.75 Å². The molecule has 21 heavy (non-hydrogen) atoms. The standard InChI is InChI=1S/C13H11Cl2N3O3/c1-6-17-10(11(19)13(21)18-6)12(20)16-5-7-2-3-8(14)9(15)4-7/h2-4,19H,5H2,1H3,(H,16,20)(H,17,18,21). The van der Waals surface area contributed by atoms with Crippen molar-refractivity contribution in [2.24, 2.45) is 0 Å². The Morgan fingerprint density at radius 1 is 1.38 bits per heavy atom. The van der Waals surface area contributed by atoms with Crippen molar-refractivity contribution >= 4 is 29.1 Å². The molecule has 1 heterocycles. The number of aromatic hydroxyl groups is 1. The summed E-state index contributed by atoms with van der Waals surface area (Å²) in [5, 5.41) is 12.9. The lowest BCUT2D eigenvalue weighted by molar-refractivity contribution is 0.0942. The number of hydrogen-bond acceptors (Lipinski definition) is 4. The molecule has 0 fully saturated rings. The smallest absolute Gasteiger partial charge is 0.293 e. The van der Waals surface area contributed by atoms with E-state index in [0.717, 1.165) is 5.56 Å². The lowest BCUT2D eigenvalue weighted by atomic mass is 10.2. The van der Waals surface area contributed by atoms with Gasteiger partial charge in [0.05, 0.1) is 10.0 Å². The Morgan fingerprint density at radius 2 is 2.10 bits per heavy atom. The monoisotopic (exact) mass is 327 g/mol. The first-order valence-electron chi connectivity index (χ1n) is 5.90. The first kappa shape index (κ1) is 15.3. The molecule has 0 aliphatic carbocycles. The molecule has 2 aromatic rings. The fourth-order valence-electron chi connectivity index (χ4n) is 1.65. The Morgan fingerprint density at radius 3 is 2.76 bits per heavy atom. The summed E-state index contributed by atoms with van der Waals surface area (Å²) in [5.41, 5.74) is -0.364. The van der Waals surface area contributed by atoms with Crippen LogP contribution in [0.3, 0.4) is 0 Å². The largest absolute Gasteiger partial charge is 0.501 e. The van der Waals surface area contributed by atoms with Gasteiger partial charge in [0.1, 0.15) is 5.82 Å². The second-order valence-electron chi connectivity index (χ2n) is 4.28. The molecular formula is C13H11Cl2N3O3. The van der Waals surface area contributed by atoms with Crippen molar-refractivity contribution in [2.75, 3.05) is 0 Å². The van der Waals surface area contributed by atoms with Gasteiger partial charge in [-0.25, -0.2) is 4.98 Å². The van der Waals surface area contributed by atoms with Crippen LogP contribution < -0.4 is 10.9 Å². The van der Waals surface area contributed by atoms with E-state index in [1.165, 1.54) is 6.92 Å². The third-order valence-electron chi connectivity index (χ3n) is 2.67. The Balaban J connectivity index is 2.15. The minimum absolute atomic E-state index is 0.155. The Kier molecular flexibility index (Phi) is 4.50. The SMILES string of the molecule is Cc1nc(C(=O)NCc2ccc(Cl)c(Cl)c2)c(O)c(=O)[nH]1. The van der Waals surface area contributed by atoms with Gasteiger partial charge in [-0.15, -0.1) is 0 Å². The van der Waals surface area contributed by atoms with E-state index >= 15 is 0 Å². The van der Waals surface area contributed by atoms with E-state index in [1.807, 2.05) is 0 Å². The predicted molar refractivity (Wildman–Crippen MR) is 78.9 cm³/mol. The van der Waals surface area contributed by atoms with Gasteiger partial charge in [-0.3, -0.25) is 9.59 Å². The van der Waals surface area contributed by atoms with E-state index in [2.05, 4.69) is 15.3 Å². The topological polar surface area (TPSA) is 95.1 Å². The number of hydrogen-bond donors (Lipinski definition) is 3. The van der Waals surface area contributed by atoms with Crippen molar-refractivity contribution < 1.29 is 9.90 Å². The maximum absolute atomic E-state index is 11.9. The number of benzene rings is 1. The van der Waals surface area contributed by atoms with E-state index in [1.54, 1.807) is 18.2 Å². The van der Waals surface area contributed by atoms with Crippen LogP contribution >= 0.6 is 23.2 Å². The van der Waals surface area contributed by atoms with Crippen LogP contribution in [-0.4, -0.2) is 21.0 Å². The first-order chi connectivity index (χ1) is 9.88. The molecule has 0 bridgehead atoms. The zero-order valence-electron chi connectivity index (χ0n) is 10.9. The average Bonchev–Trinajstić information content (AvgIpc) is 2.43. The van der Waals surface area contributed by atoms with E-state index in [4.69, 9.17) is 23.2 Å². The minimum Gasteiger partial charge on any atom is -0.501 e. The summed E-state index contributed by atoms with van der Waals surface area (Å²) in [7, 11) is 0. The zero-order chi connectivity index (χ0) is 15.6. The summed E-state index contributed by atoms with van der Waals surface area (Å²) in [5.74, 6) is -1.14. The van der Waals surface area contributed by atoms with Crippen LogP contribution in [0.1, 0.15) is 21.9 Å². The molecule has 0 aliphatic rings. The number of carbonyl (C=O) groups excluding carboxylic acids is 1. The van der Waals surface area contributed by atoms with E-state index in [0.29, 0.717) is 10.0 Å². The molecule has 8 heteroatoms. The van der Waals surface area contributed by atoms with Gasteiger partial charge in [-0.1, -0.05) is 29.3 Å². The van der Waals surface area contributed by atoms with Crippen LogP contribution in [0.5, 0.6) is 5.75 Å². The highest BCUT2D eigenvalue weighted by Gasteiger charge is 2.16. The normalized spacial score (nSPS) is 10.4. The fraction of sp³-hybridized carbons (Fsp3) is 0.154. The van der Waals surface area contributed by atoms with Gasteiger partial charge in [0, 0.05) is 6.54 Å². The molecule has 0 saturated heterocycles. The third-order valence-corrected chi connectivity index (χ3v) is 3.40. The van der Waals surface area contributed by atoms with Gasteiger partial charge >= 0.3 is 0 Å².